The first-order chi connectivity index (χ1) is 11.7. The third-order valence-corrected chi connectivity index (χ3v) is 5.66. The van der Waals surface area contributed by atoms with E-state index in [-0.39, 0.29) is 24.3 Å². The molecule has 1 aromatic rings. The Balaban J connectivity index is 1.61. The number of hydrogen-bond donors (Lipinski definition) is 2. The summed E-state index contributed by atoms with van der Waals surface area (Å²) >= 11 is 1.37. The monoisotopic (exact) mass is 370 g/mol. The van der Waals surface area contributed by atoms with Gasteiger partial charge in [-0.1, -0.05) is 5.16 Å². The van der Waals surface area contributed by atoms with E-state index in [4.69, 9.17) is 9.26 Å². The van der Waals surface area contributed by atoms with Gasteiger partial charge in [0.15, 0.2) is 5.82 Å². The highest BCUT2D eigenvalue weighted by atomic mass is 32.2. The molecule has 2 aliphatic heterocycles. The molecule has 0 radical (unpaired) electrons. The number of ether oxygens (including phenoxy) is 1. The molecule has 0 aliphatic carbocycles. The molecule has 0 bridgehead atoms. The van der Waals surface area contributed by atoms with Gasteiger partial charge in [0.2, 0.25) is 17.7 Å². The first-order valence-corrected chi connectivity index (χ1v) is 8.45. The molecule has 2 aliphatic rings. The van der Waals surface area contributed by atoms with E-state index in [0.717, 1.165) is 0 Å². The van der Waals surface area contributed by atoms with Crippen LogP contribution in [0.15, 0.2) is 4.52 Å². The lowest BCUT2D eigenvalue weighted by Gasteiger charge is -2.43. The molecular weight excluding hydrogens is 352 g/mol. The van der Waals surface area contributed by atoms with Crippen molar-refractivity contribution in [3.05, 3.63) is 11.7 Å². The number of carboxylic acid groups (broad SMARTS) is 1. The average Bonchev–Trinajstić information content (AvgIpc) is 3.05. The largest absolute Gasteiger partial charge is 0.480 e. The number of nitrogens with zero attached hydrogens (tertiary/aromatic N) is 3. The summed E-state index contributed by atoms with van der Waals surface area (Å²) in [6.07, 6.45) is -0.163. The number of fused-ring (bicyclic) bond motifs is 1. The summed E-state index contributed by atoms with van der Waals surface area (Å²) in [5.74, 6) is -1.43. The molecule has 2 amide bonds. The molecule has 11 heteroatoms. The number of methoxy groups -OCH3 is 1. The zero-order valence-electron chi connectivity index (χ0n) is 13.9. The van der Waals surface area contributed by atoms with Crippen LogP contribution in [0.25, 0.3) is 0 Å². The van der Waals surface area contributed by atoms with Crippen molar-refractivity contribution in [1.82, 2.24) is 20.4 Å². The Hall–Kier alpha value is -2.14. The van der Waals surface area contributed by atoms with Gasteiger partial charge in [-0.2, -0.15) is 4.98 Å². The van der Waals surface area contributed by atoms with Gasteiger partial charge in [0.1, 0.15) is 30.5 Å². The number of nitrogens with one attached hydrogen (secondary N) is 1. The topological polar surface area (TPSA) is 135 Å². The zero-order chi connectivity index (χ0) is 18.4. The van der Waals surface area contributed by atoms with Crippen LogP contribution in [-0.2, 0) is 32.1 Å². The highest BCUT2D eigenvalue weighted by Gasteiger charge is 2.64. The Bertz CT molecular complexity index is 720. The smallest absolute Gasteiger partial charge is 0.327 e. The summed E-state index contributed by atoms with van der Waals surface area (Å²) in [7, 11) is 1.49. The summed E-state index contributed by atoms with van der Waals surface area (Å²) < 4.78 is 9.17. The molecule has 0 unspecified atom stereocenters. The minimum atomic E-state index is -1.05. The Morgan fingerprint density at radius 3 is 2.84 bits per heavy atom. The van der Waals surface area contributed by atoms with Crippen molar-refractivity contribution >= 4 is 29.5 Å². The normalized spacial score (nSPS) is 26.9. The van der Waals surface area contributed by atoms with Crippen LogP contribution in [0.1, 0.15) is 25.6 Å². The van der Waals surface area contributed by atoms with Crippen LogP contribution in [-0.4, -0.2) is 67.2 Å². The van der Waals surface area contributed by atoms with Crippen LogP contribution in [0.5, 0.6) is 0 Å². The lowest BCUT2D eigenvalue weighted by molar-refractivity contribution is -0.161. The van der Waals surface area contributed by atoms with Crippen LogP contribution in [0, 0.1) is 0 Å². The predicted octanol–water partition coefficient (Wildman–Crippen LogP) is -0.610. The predicted molar refractivity (Wildman–Crippen MR) is 84.4 cm³/mol. The molecule has 3 rings (SSSR count). The lowest BCUT2D eigenvalue weighted by atomic mass is 9.96. The van der Waals surface area contributed by atoms with Crippen molar-refractivity contribution in [3.63, 3.8) is 0 Å². The van der Waals surface area contributed by atoms with E-state index >= 15 is 0 Å². The number of amides is 2. The van der Waals surface area contributed by atoms with Gasteiger partial charge in [-0.3, -0.25) is 9.59 Å². The van der Waals surface area contributed by atoms with Crippen LogP contribution >= 0.6 is 11.8 Å². The fourth-order valence-corrected chi connectivity index (χ4v) is 4.68. The Morgan fingerprint density at radius 2 is 2.20 bits per heavy atom. The summed E-state index contributed by atoms with van der Waals surface area (Å²) in [5.41, 5.74) is 0. The van der Waals surface area contributed by atoms with Gasteiger partial charge in [-0.25, -0.2) is 4.79 Å². The number of hydrogen-bond acceptors (Lipinski definition) is 8. The number of thioether (sulfide) groups is 1. The molecule has 0 spiro atoms. The quantitative estimate of drug-likeness (QED) is 0.629. The standard InChI is InChI=1S/C14H18N4O6S/c1-14(2)10(13(21)22)18-11(20)9(12(18)25-14)16-7(19)4-8-15-6(5-23-3)17-24-8/h9-10,12H,4-5H2,1-3H3,(H,16,19)(H,21,22)/t9-,10+,12-/m1/s1. The van der Waals surface area contributed by atoms with Crippen LogP contribution < -0.4 is 5.32 Å². The molecular formula is C14H18N4O6S. The van der Waals surface area contributed by atoms with Gasteiger partial charge in [0.05, 0.1) is 0 Å². The maximum absolute atomic E-state index is 12.3. The van der Waals surface area contributed by atoms with Gasteiger partial charge in [0.25, 0.3) is 0 Å². The molecule has 1 aromatic heterocycles. The molecule has 3 atom stereocenters. The molecule has 0 saturated carbocycles. The van der Waals surface area contributed by atoms with E-state index in [2.05, 4.69) is 15.5 Å². The van der Waals surface area contributed by atoms with E-state index in [1.807, 2.05) is 0 Å². The Kier molecular flexibility index (Phi) is 4.45. The average molecular weight is 370 g/mol. The van der Waals surface area contributed by atoms with Gasteiger partial charge < -0.3 is 24.6 Å². The first kappa shape index (κ1) is 17.7. The highest BCUT2D eigenvalue weighted by Crippen LogP contribution is 2.50. The maximum Gasteiger partial charge on any atom is 0.327 e. The summed E-state index contributed by atoms with van der Waals surface area (Å²) in [6, 6.07) is -1.65. The van der Waals surface area contributed by atoms with Crippen molar-refractivity contribution in [1.29, 1.82) is 0 Å². The van der Waals surface area contributed by atoms with Gasteiger partial charge in [-0.05, 0) is 13.8 Å². The van der Waals surface area contributed by atoms with E-state index in [9.17, 15) is 19.5 Å². The second-order valence-electron chi connectivity index (χ2n) is 6.36. The maximum atomic E-state index is 12.3. The van der Waals surface area contributed by atoms with E-state index < -0.39 is 34.6 Å². The number of rotatable bonds is 6. The van der Waals surface area contributed by atoms with Crippen LogP contribution in [0.3, 0.4) is 0 Å². The molecule has 3 heterocycles. The Morgan fingerprint density at radius 1 is 1.48 bits per heavy atom. The van der Waals surface area contributed by atoms with Crippen molar-refractivity contribution in [2.45, 2.75) is 49.1 Å². The SMILES string of the molecule is COCc1noc(CC(=O)N[C@@H]2C(=O)N3[C@@H]2SC(C)(C)[C@@H]3C(=O)O)n1. The minimum absolute atomic E-state index is 0.121. The number of aromatic nitrogens is 2. The minimum Gasteiger partial charge on any atom is -0.480 e. The van der Waals surface area contributed by atoms with Gasteiger partial charge in [0, 0.05) is 11.9 Å². The number of β-lactam (4-membered cyclic amide) rings is 1. The van der Waals surface area contributed by atoms with E-state index in [1.54, 1.807) is 13.8 Å². The lowest BCUT2D eigenvalue weighted by Crippen LogP contribution is -2.70. The van der Waals surface area contributed by atoms with Gasteiger partial charge in [-0.15, -0.1) is 11.8 Å². The van der Waals surface area contributed by atoms with E-state index in [0.29, 0.717) is 5.82 Å². The second kappa shape index (κ2) is 6.30. The molecule has 2 fully saturated rings. The van der Waals surface area contributed by atoms with Crippen LogP contribution in [0.2, 0.25) is 0 Å². The van der Waals surface area contributed by atoms with Crippen molar-refractivity contribution in [2.75, 3.05) is 7.11 Å². The molecule has 2 saturated heterocycles. The summed E-state index contributed by atoms with van der Waals surface area (Å²) in [6.45, 7) is 3.72. The zero-order valence-corrected chi connectivity index (χ0v) is 14.7. The van der Waals surface area contributed by atoms with E-state index in [1.165, 1.54) is 23.8 Å². The second-order valence-corrected chi connectivity index (χ2v) is 8.13. The third kappa shape index (κ3) is 3.09. The number of carbonyl (C=O) groups is 3. The van der Waals surface area contributed by atoms with Crippen molar-refractivity contribution < 1.29 is 28.8 Å². The first-order valence-electron chi connectivity index (χ1n) is 7.57. The van der Waals surface area contributed by atoms with Crippen LogP contribution in [0.4, 0.5) is 0 Å². The summed E-state index contributed by atoms with van der Waals surface area (Å²) in [4.78, 5) is 41.2. The molecule has 0 aromatic carbocycles. The van der Waals surface area contributed by atoms with Crippen molar-refractivity contribution in [3.8, 4) is 0 Å². The molecule has 2 N–H and O–H groups in total. The fourth-order valence-electron chi connectivity index (χ4n) is 3.06. The number of aliphatic carboxylic acids is 1. The molecule has 136 valence electrons. The molecule has 25 heavy (non-hydrogen) atoms. The highest BCUT2D eigenvalue weighted by molar-refractivity contribution is 8.01. The van der Waals surface area contributed by atoms with Gasteiger partial charge >= 0.3 is 5.97 Å². The Labute approximate surface area is 147 Å². The number of carboxylic acids is 1. The number of carbonyl (C=O) groups excluding carboxylic acids is 2. The third-order valence-electron chi connectivity index (χ3n) is 4.09. The summed E-state index contributed by atoms with van der Waals surface area (Å²) in [5, 5.41) is 15.3. The fraction of sp³-hybridized carbons (Fsp3) is 0.643. The molecule has 10 nitrogen and oxygen atoms in total. The van der Waals surface area contributed by atoms with Crippen molar-refractivity contribution in [2.24, 2.45) is 0 Å².